The highest BCUT2D eigenvalue weighted by Crippen LogP contribution is 2.37. The van der Waals surface area contributed by atoms with Gasteiger partial charge in [0.2, 0.25) is 0 Å². The largest absolute Gasteiger partial charge is 0.390 e. The maximum atomic E-state index is 12.3. The standard InChI is InChI=1S/C16H18N2OS/c1-10-5-7-11(8-6-10)9-18-16(19)14-12-3-2-4-13(12)20-15(14)17/h5-8H,2-4,9,17H2,1H3,(H,18,19). The zero-order chi connectivity index (χ0) is 14.1. The predicted molar refractivity (Wildman–Crippen MR) is 83.1 cm³/mol. The van der Waals surface area contributed by atoms with Crippen LogP contribution in [0.4, 0.5) is 5.00 Å². The van der Waals surface area contributed by atoms with Crippen LogP contribution in [0.1, 0.15) is 38.3 Å². The number of hydrogen-bond donors (Lipinski definition) is 2. The Kier molecular flexibility index (Phi) is 3.49. The first-order chi connectivity index (χ1) is 9.65. The summed E-state index contributed by atoms with van der Waals surface area (Å²) in [6, 6.07) is 8.18. The van der Waals surface area contributed by atoms with Crippen molar-refractivity contribution in [2.24, 2.45) is 0 Å². The number of aryl methyl sites for hydroxylation is 2. The zero-order valence-electron chi connectivity index (χ0n) is 11.5. The van der Waals surface area contributed by atoms with Crippen molar-refractivity contribution < 1.29 is 4.79 Å². The van der Waals surface area contributed by atoms with Crippen molar-refractivity contribution in [3.63, 3.8) is 0 Å². The molecule has 0 fully saturated rings. The molecule has 3 nitrogen and oxygen atoms in total. The summed E-state index contributed by atoms with van der Waals surface area (Å²) < 4.78 is 0. The molecule has 0 saturated carbocycles. The fourth-order valence-corrected chi connectivity index (χ4v) is 3.81. The third-order valence-electron chi connectivity index (χ3n) is 3.75. The Balaban J connectivity index is 1.72. The molecule has 0 saturated heterocycles. The summed E-state index contributed by atoms with van der Waals surface area (Å²) >= 11 is 1.57. The molecule has 0 bridgehead atoms. The van der Waals surface area contributed by atoms with Gasteiger partial charge < -0.3 is 11.1 Å². The molecule has 1 amide bonds. The second kappa shape index (κ2) is 5.29. The van der Waals surface area contributed by atoms with Crippen LogP contribution in [-0.2, 0) is 19.4 Å². The van der Waals surface area contributed by atoms with Gasteiger partial charge in [-0.25, -0.2) is 0 Å². The minimum atomic E-state index is -0.0394. The van der Waals surface area contributed by atoms with Crippen LogP contribution in [0.2, 0.25) is 0 Å². The van der Waals surface area contributed by atoms with E-state index in [0.29, 0.717) is 11.5 Å². The van der Waals surface area contributed by atoms with Crippen LogP contribution in [0.5, 0.6) is 0 Å². The number of nitrogen functional groups attached to an aromatic ring is 1. The SMILES string of the molecule is Cc1ccc(CNC(=O)c2c(N)sc3c2CCC3)cc1. The molecule has 20 heavy (non-hydrogen) atoms. The maximum Gasteiger partial charge on any atom is 0.254 e. The number of benzene rings is 1. The molecule has 104 valence electrons. The lowest BCUT2D eigenvalue weighted by Crippen LogP contribution is -2.24. The van der Waals surface area contributed by atoms with E-state index >= 15 is 0 Å². The molecule has 1 heterocycles. The van der Waals surface area contributed by atoms with E-state index < -0.39 is 0 Å². The fraction of sp³-hybridized carbons (Fsp3) is 0.312. The number of carbonyl (C=O) groups excluding carboxylic acids is 1. The van der Waals surface area contributed by atoms with Crippen molar-refractivity contribution in [2.75, 3.05) is 5.73 Å². The minimum Gasteiger partial charge on any atom is -0.390 e. The van der Waals surface area contributed by atoms with Gasteiger partial charge in [0, 0.05) is 11.4 Å². The van der Waals surface area contributed by atoms with E-state index in [-0.39, 0.29) is 5.91 Å². The average Bonchev–Trinajstić information content (AvgIpc) is 2.97. The van der Waals surface area contributed by atoms with Crippen molar-refractivity contribution >= 4 is 22.2 Å². The summed E-state index contributed by atoms with van der Waals surface area (Å²) in [6.07, 6.45) is 3.19. The van der Waals surface area contributed by atoms with Crippen LogP contribution in [0.3, 0.4) is 0 Å². The van der Waals surface area contributed by atoms with E-state index in [2.05, 4.69) is 24.4 Å². The molecule has 1 aliphatic carbocycles. The molecule has 3 N–H and O–H groups in total. The molecule has 0 unspecified atom stereocenters. The maximum absolute atomic E-state index is 12.3. The number of anilines is 1. The summed E-state index contributed by atoms with van der Waals surface area (Å²) in [6.45, 7) is 2.60. The number of carbonyl (C=O) groups is 1. The van der Waals surface area contributed by atoms with E-state index in [1.807, 2.05) is 12.1 Å². The van der Waals surface area contributed by atoms with Crippen LogP contribution < -0.4 is 11.1 Å². The number of rotatable bonds is 3. The minimum absolute atomic E-state index is 0.0394. The number of nitrogens with one attached hydrogen (secondary N) is 1. The summed E-state index contributed by atoms with van der Waals surface area (Å²) in [5.41, 5.74) is 10.2. The van der Waals surface area contributed by atoms with Gasteiger partial charge in [-0.1, -0.05) is 29.8 Å². The van der Waals surface area contributed by atoms with E-state index in [1.165, 1.54) is 16.0 Å². The zero-order valence-corrected chi connectivity index (χ0v) is 12.3. The third-order valence-corrected chi connectivity index (χ3v) is 4.87. The molecule has 2 aromatic rings. The molecular formula is C16H18N2OS. The Bertz CT molecular complexity index is 643. The van der Waals surface area contributed by atoms with Crippen LogP contribution in [0.25, 0.3) is 0 Å². The van der Waals surface area contributed by atoms with Crippen LogP contribution >= 0.6 is 11.3 Å². The van der Waals surface area contributed by atoms with Crippen molar-refractivity contribution in [2.45, 2.75) is 32.7 Å². The Morgan fingerprint density at radius 1 is 1.30 bits per heavy atom. The molecule has 0 spiro atoms. The van der Waals surface area contributed by atoms with Gasteiger partial charge in [-0.3, -0.25) is 4.79 Å². The lowest BCUT2D eigenvalue weighted by molar-refractivity contribution is 0.0951. The van der Waals surface area contributed by atoms with Gasteiger partial charge >= 0.3 is 0 Å². The van der Waals surface area contributed by atoms with Crippen molar-refractivity contribution in [3.8, 4) is 0 Å². The smallest absolute Gasteiger partial charge is 0.254 e. The Morgan fingerprint density at radius 3 is 2.80 bits per heavy atom. The third kappa shape index (κ3) is 2.43. The van der Waals surface area contributed by atoms with Gasteiger partial charge in [0.15, 0.2) is 0 Å². The molecule has 3 rings (SSSR count). The molecule has 0 atom stereocenters. The lowest BCUT2D eigenvalue weighted by atomic mass is 10.1. The molecule has 4 heteroatoms. The normalized spacial score (nSPS) is 13.2. The van der Waals surface area contributed by atoms with Crippen molar-refractivity contribution in [1.82, 2.24) is 5.32 Å². The van der Waals surface area contributed by atoms with Crippen LogP contribution in [0, 0.1) is 6.92 Å². The second-order valence-electron chi connectivity index (χ2n) is 5.26. The molecule has 1 aromatic heterocycles. The van der Waals surface area contributed by atoms with Gasteiger partial charge in [0.25, 0.3) is 5.91 Å². The molecule has 0 radical (unpaired) electrons. The highest BCUT2D eigenvalue weighted by molar-refractivity contribution is 7.16. The van der Waals surface area contributed by atoms with E-state index in [1.54, 1.807) is 11.3 Å². The first-order valence-corrected chi connectivity index (χ1v) is 7.70. The first-order valence-electron chi connectivity index (χ1n) is 6.89. The van der Waals surface area contributed by atoms with E-state index in [4.69, 9.17) is 5.73 Å². The molecule has 1 aromatic carbocycles. The van der Waals surface area contributed by atoms with Gasteiger partial charge in [0.1, 0.15) is 0 Å². The molecule has 1 aliphatic rings. The van der Waals surface area contributed by atoms with Crippen LogP contribution in [-0.4, -0.2) is 5.91 Å². The number of nitrogens with two attached hydrogens (primary N) is 1. The fourth-order valence-electron chi connectivity index (χ4n) is 2.65. The van der Waals surface area contributed by atoms with E-state index in [9.17, 15) is 4.79 Å². The summed E-state index contributed by atoms with van der Waals surface area (Å²) in [7, 11) is 0. The second-order valence-corrected chi connectivity index (χ2v) is 6.40. The Hall–Kier alpha value is -1.81. The van der Waals surface area contributed by atoms with Gasteiger partial charge in [-0.2, -0.15) is 0 Å². The lowest BCUT2D eigenvalue weighted by Gasteiger charge is -2.07. The molecule has 0 aliphatic heterocycles. The van der Waals surface area contributed by atoms with Crippen LogP contribution in [0.15, 0.2) is 24.3 Å². The summed E-state index contributed by atoms with van der Waals surface area (Å²) in [5, 5.41) is 3.64. The highest BCUT2D eigenvalue weighted by atomic mass is 32.1. The topological polar surface area (TPSA) is 55.1 Å². The first kappa shape index (κ1) is 13.2. The van der Waals surface area contributed by atoms with Crippen molar-refractivity contribution in [3.05, 3.63) is 51.4 Å². The van der Waals surface area contributed by atoms with Gasteiger partial charge in [-0.05, 0) is 37.3 Å². The number of hydrogen-bond acceptors (Lipinski definition) is 3. The van der Waals surface area contributed by atoms with Crippen molar-refractivity contribution in [1.29, 1.82) is 0 Å². The highest BCUT2D eigenvalue weighted by Gasteiger charge is 2.24. The predicted octanol–water partition coefficient (Wildman–Crippen LogP) is 3.06. The Morgan fingerprint density at radius 2 is 2.05 bits per heavy atom. The number of amides is 1. The van der Waals surface area contributed by atoms with E-state index in [0.717, 1.165) is 30.4 Å². The van der Waals surface area contributed by atoms with Gasteiger partial charge in [-0.15, -0.1) is 11.3 Å². The Labute approximate surface area is 122 Å². The number of thiophene rings is 1. The quantitative estimate of drug-likeness (QED) is 0.911. The summed E-state index contributed by atoms with van der Waals surface area (Å²) in [5.74, 6) is -0.0394. The number of fused-ring (bicyclic) bond motifs is 1. The monoisotopic (exact) mass is 286 g/mol. The summed E-state index contributed by atoms with van der Waals surface area (Å²) in [4.78, 5) is 13.6. The average molecular weight is 286 g/mol. The van der Waals surface area contributed by atoms with Gasteiger partial charge in [0.05, 0.1) is 10.6 Å². The molecular weight excluding hydrogens is 268 g/mol.